The Morgan fingerprint density at radius 2 is 2.11 bits per heavy atom. The van der Waals surface area contributed by atoms with Crippen molar-refractivity contribution in [1.82, 2.24) is 9.80 Å². The highest BCUT2D eigenvalue weighted by molar-refractivity contribution is 5.17. The molecule has 2 nitrogen and oxygen atoms in total. The molecule has 0 N–H and O–H groups in total. The van der Waals surface area contributed by atoms with Crippen molar-refractivity contribution in [3.8, 4) is 0 Å². The minimum Gasteiger partial charge on any atom is -0.298 e. The third-order valence-electron chi connectivity index (χ3n) is 4.69. The summed E-state index contributed by atoms with van der Waals surface area (Å²) >= 11 is 0. The highest BCUT2D eigenvalue weighted by Gasteiger charge is 2.33. The summed E-state index contributed by atoms with van der Waals surface area (Å²) in [7, 11) is 0. The van der Waals surface area contributed by atoms with E-state index in [0.29, 0.717) is 6.04 Å². The maximum absolute atomic E-state index is 13.6. The van der Waals surface area contributed by atoms with Crippen molar-refractivity contribution in [2.45, 2.75) is 38.3 Å². The molecular weight excluding hydrogens is 239 g/mol. The normalized spacial score (nSPS) is 28.5. The minimum atomic E-state index is -0.0605. The number of piperazine rings is 1. The Morgan fingerprint density at radius 3 is 2.95 bits per heavy atom. The second kappa shape index (κ2) is 5.59. The number of rotatable bonds is 3. The van der Waals surface area contributed by atoms with E-state index in [9.17, 15) is 4.39 Å². The van der Waals surface area contributed by atoms with E-state index in [-0.39, 0.29) is 5.82 Å². The van der Waals surface area contributed by atoms with Crippen LogP contribution in [0.4, 0.5) is 4.39 Å². The summed E-state index contributed by atoms with van der Waals surface area (Å²) in [5.41, 5.74) is 0.851. The molecular formula is C16H23FN2. The molecule has 0 bridgehead atoms. The lowest BCUT2D eigenvalue weighted by Crippen LogP contribution is -2.55. The van der Waals surface area contributed by atoms with Crippen LogP contribution in [0, 0.1) is 5.82 Å². The van der Waals surface area contributed by atoms with E-state index < -0.39 is 0 Å². The van der Waals surface area contributed by atoms with Gasteiger partial charge in [0.1, 0.15) is 5.82 Å². The standard InChI is InChI=1S/C16H23FN2/c1-13-11-19-9-4-6-15(19)12-18(13)10-8-14-5-2-3-7-16(14)17/h2-3,5,7,13,15H,4,6,8-12H2,1H3. The molecule has 0 radical (unpaired) electrons. The van der Waals surface area contributed by atoms with E-state index in [2.05, 4.69) is 16.7 Å². The first-order valence-corrected chi connectivity index (χ1v) is 7.45. The van der Waals surface area contributed by atoms with Gasteiger partial charge in [0.2, 0.25) is 0 Å². The van der Waals surface area contributed by atoms with E-state index in [1.807, 2.05) is 12.1 Å². The summed E-state index contributed by atoms with van der Waals surface area (Å²) in [5, 5.41) is 0. The van der Waals surface area contributed by atoms with E-state index in [4.69, 9.17) is 0 Å². The molecule has 2 atom stereocenters. The average molecular weight is 262 g/mol. The number of fused-ring (bicyclic) bond motifs is 1. The van der Waals surface area contributed by atoms with Crippen molar-refractivity contribution in [2.24, 2.45) is 0 Å². The van der Waals surface area contributed by atoms with Crippen LogP contribution in [-0.2, 0) is 6.42 Å². The Bertz CT molecular complexity index is 435. The molecule has 1 aromatic rings. The molecule has 0 aromatic heterocycles. The third-order valence-corrected chi connectivity index (χ3v) is 4.69. The van der Waals surface area contributed by atoms with Gasteiger partial charge in [-0.1, -0.05) is 18.2 Å². The summed E-state index contributed by atoms with van der Waals surface area (Å²) in [6.45, 7) is 6.90. The molecule has 2 aliphatic rings. The van der Waals surface area contributed by atoms with Crippen molar-refractivity contribution in [1.29, 1.82) is 0 Å². The van der Waals surface area contributed by atoms with Crippen LogP contribution < -0.4 is 0 Å². The fourth-order valence-corrected chi connectivity index (χ4v) is 3.52. The minimum absolute atomic E-state index is 0.0605. The van der Waals surface area contributed by atoms with Crippen LogP contribution in [0.5, 0.6) is 0 Å². The zero-order valence-electron chi connectivity index (χ0n) is 11.7. The first-order chi connectivity index (χ1) is 9.24. The Hall–Kier alpha value is -0.930. The predicted molar refractivity (Wildman–Crippen MR) is 75.7 cm³/mol. The van der Waals surface area contributed by atoms with Gasteiger partial charge in [-0.15, -0.1) is 0 Å². The molecule has 1 aromatic carbocycles. The Labute approximate surface area is 115 Å². The van der Waals surface area contributed by atoms with Gasteiger partial charge in [-0.3, -0.25) is 9.80 Å². The van der Waals surface area contributed by atoms with E-state index in [0.717, 1.165) is 31.1 Å². The van der Waals surface area contributed by atoms with Gasteiger partial charge in [-0.2, -0.15) is 0 Å². The largest absolute Gasteiger partial charge is 0.298 e. The topological polar surface area (TPSA) is 6.48 Å². The summed E-state index contributed by atoms with van der Waals surface area (Å²) in [5.74, 6) is -0.0605. The molecule has 19 heavy (non-hydrogen) atoms. The van der Waals surface area contributed by atoms with Gasteiger partial charge in [0.05, 0.1) is 0 Å². The molecule has 2 heterocycles. The second-order valence-corrected chi connectivity index (χ2v) is 5.98. The maximum atomic E-state index is 13.6. The van der Waals surface area contributed by atoms with Gasteiger partial charge in [0.15, 0.2) is 0 Å². The van der Waals surface area contributed by atoms with Gasteiger partial charge >= 0.3 is 0 Å². The Kier molecular flexibility index (Phi) is 3.85. The van der Waals surface area contributed by atoms with Gasteiger partial charge in [-0.25, -0.2) is 4.39 Å². The van der Waals surface area contributed by atoms with Crippen LogP contribution in [-0.4, -0.2) is 48.1 Å². The van der Waals surface area contributed by atoms with Gasteiger partial charge < -0.3 is 0 Å². The number of benzene rings is 1. The van der Waals surface area contributed by atoms with Crippen LogP contribution in [0.3, 0.4) is 0 Å². The zero-order chi connectivity index (χ0) is 13.2. The van der Waals surface area contributed by atoms with E-state index >= 15 is 0 Å². The highest BCUT2D eigenvalue weighted by Crippen LogP contribution is 2.24. The van der Waals surface area contributed by atoms with Gasteiger partial charge in [-0.05, 0) is 44.4 Å². The second-order valence-electron chi connectivity index (χ2n) is 5.98. The molecule has 2 fully saturated rings. The molecule has 0 saturated carbocycles. The quantitative estimate of drug-likeness (QED) is 0.826. The summed E-state index contributed by atoms with van der Waals surface area (Å²) in [6.07, 6.45) is 3.51. The lowest BCUT2D eigenvalue weighted by molar-refractivity contribution is 0.0603. The molecule has 0 aliphatic carbocycles. The van der Waals surface area contributed by atoms with Crippen molar-refractivity contribution in [2.75, 3.05) is 26.2 Å². The SMILES string of the molecule is CC1CN2CCCC2CN1CCc1ccccc1F. The first kappa shape index (κ1) is 13.1. The molecule has 0 amide bonds. The molecule has 2 unspecified atom stereocenters. The number of halogens is 1. The number of hydrogen-bond acceptors (Lipinski definition) is 2. The van der Waals surface area contributed by atoms with Crippen LogP contribution in [0.1, 0.15) is 25.3 Å². The summed E-state index contributed by atoms with van der Waals surface area (Å²) in [4.78, 5) is 5.17. The Balaban J connectivity index is 1.59. The first-order valence-electron chi connectivity index (χ1n) is 7.45. The average Bonchev–Trinajstić information content (AvgIpc) is 2.84. The molecule has 3 rings (SSSR count). The van der Waals surface area contributed by atoms with Crippen molar-refractivity contribution in [3.63, 3.8) is 0 Å². The smallest absolute Gasteiger partial charge is 0.126 e. The van der Waals surface area contributed by atoms with E-state index in [1.165, 1.54) is 25.9 Å². The molecule has 3 heteroatoms. The molecule has 0 spiro atoms. The number of hydrogen-bond donors (Lipinski definition) is 0. The van der Waals surface area contributed by atoms with Crippen LogP contribution in [0.15, 0.2) is 24.3 Å². The maximum Gasteiger partial charge on any atom is 0.126 e. The van der Waals surface area contributed by atoms with Crippen LogP contribution in [0.2, 0.25) is 0 Å². The van der Waals surface area contributed by atoms with Gasteiger partial charge in [0.25, 0.3) is 0 Å². The molecule has 2 aliphatic heterocycles. The van der Waals surface area contributed by atoms with Crippen molar-refractivity contribution in [3.05, 3.63) is 35.6 Å². The Morgan fingerprint density at radius 1 is 1.26 bits per heavy atom. The lowest BCUT2D eigenvalue weighted by atomic mass is 10.1. The lowest BCUT2D eigenvalue weighted by Gasteiger charge is -2.42. The predicted octanol–water partition coefficient (Wildman–Crippen LogP) is 2.54. The highest BCUT2D eigenvalue weighted by atomic mass is 19.1. The summed E-state index contributed by atoms with van der Waals surface area (Å²) in [6, 6.07) is 8.51. The van der Waals surface area contributed by atoms with Crippen molar-refractivity contribution < 1.29 is 4.39 Å². The molecule has 2 saturated heterocycles. The zero-order valence-corrected chi connectivity index (χ0v) is 11.7. The van der Waals surface area contributed by atoms with Crippen LogP contribution >= 0.6 is 0 Å². The monoisotopic (exact) mass is 262 g/mol. The summed E-state index contributed by atoms with van der Waals surface area (Å²) < 4.78 is 13.6. The molecule has 104 valence electrons. The number of nitrogens with zero attached hydrogens (tertiary/aromatic N) is 2. The van der Waals surface area contributed by atoms with Crippen LogP contribution in [0.25, 0.3) is 0 Å². The van der Waals surface area contributed by atoms with Gasteiger partial charge in [0, 0.05) is 31.7 Å². The third kappa shape index (κ3) is 2.82. The fourth-order valence-electron chi connectivity index (χ4n) is 3.52. The van der Waals surface area contributed by atoms with Crippen molar-refractivity contribution >= 4 is 0 Å². The fraction of sp³-hybridized carbons (Fsp3) is 0.625. The van der Waals surface area contributed by atoms with E-state index in [1.54, 1.807) is 12.1 Å².